The average Bonchev–Trinajstić information content (AvgIpc) is 3.34. The SMILES string of the molecule is CC1=C([Si](C)(C)C)[C@](CCP(c2c(C)cc(C)cc2C)c2c(C)cc(C)cc2C)(c2c(F)c(F)c(F)c(F)c2F)B(c2c(F)c(F)c(F)c(F)c2F)C1. The van der Waals surface area contributed by atoms with Crippen molar-refractivity contribution in [3.63, 3.8) is 0 Å². The van der Waals surface area contributed by atoms with Crippen molar-refractivity contribution in [2.75, 3.05) is 6.16 Å². The molecule has 5 rings (SSSR count). The Morgan fingerprint density at radius 3 is 1.25 bits per heavy atom. The van der Waals surface area contributed by atoms with E-state index in [0.717, 1.165) is 44.0 Å². The second kappa shape index (κ2) is 14.4. The molecule has 0 aliphatic carbocycles. The van der Waals surface area contributed by atoms with Crippen molar-refractivity contribution in [3.05, 3.63) is 132 Å². The summed E-state index contributed by atoms with van der Waals surface area (Å²) in [5.74, 6) is -22.8. The van der Waals surface area contributed by atoms with Gasteiger partial charge in [0.05, 0.1) is 8.07 Å². The smallest absolute Gasteiger partial charge is 0.203 e. The highest BCUT2D eigenvalue weighted by molar-refractivity contribution is 7.73. The highest BCUT2D eigenvalue weighted by atomic mass is 31.1. The van der Waals surface area contributed by atoms with Crippen LogP contribution in [0.4, 0.5) is 43.9 Å². The van der Waals surface area contributed by atoms with E-state index in [-0.39, 0.29) is 11.4 Å². The van der Waals surface area contributed by atoms with Crippen molar-refractivity contribution in [2.24, 2.45) is 0 Å². The number of benzene rings is 4. The fourth-order valence-electron chi connectivity index (χ4n) is 9.26. The van der Waals surface area contributed by atoms with Crippen LogP contribution in [0.3, 0.4) is 0 Å². The summed E-state index contributed by atoms with van der Waals surface area (Å²) in [4.78, 5) is 0. The Hall–Kier alpha value is -3.37. The van der Waals surface area contributed by atoms with Crippen molar-refractivity contribution in [3.8, 4) is 0 Å². The number of hydrogen-bond donors (Lipinski definition) is 0. The van der Waals surface area contributed by atoms with Crippen molar-refractivity contribution in [2.45, 2.75) is 86.2 Å². The maximum absolute atomic E-state index is 16.5. The molecule has 0 bridgehead atoms. The second-order valence-electron chi connectivity index (χ2n) is 15.5. The molecule has 1 aliphatic heterocycles. The third kappa shape index (κ3) is 6.59. The van der Waals surface area contributed by atoms with Crippen LogP contribution in [0.25, 0.3) is 0 Å². The van der Waals surface area contributed by atoms with E-state index >= 15 is 35.1 Å². The molecule has 0 saturated heterocycles. The van der Waals surface area contributed by atoms with Gasteiger partial charge in [-0.1, -0.05) is 65.8 Å². The monoisotopic (exact) mass is 780 g/mol. The lowest BCUT2D eigenvalue weighted by atomic mass is 9.28. The minimum atomic E-state index is -3.03. The van der Waals surface area contributed by atoms with E-state index in [4.69, 9.17) is 0 Å². The fraction of sp³-hybridized carbons (Fsp3) is 0.350. The molecule has 4 aromatic carbocycles. The maximum atomic E-state index is 16.5. The molecule has 13 heteroatoms. The molecule has 282 valence electrons. The number of halogens is 10. The van der Waals surface area contributed by atoms with E-state index in [9.17, 15) is 8.78 Å². The quantitative estimate of drug-likeness (QED) is 0.0549. The summed E-state index contributed by atoms with van der Waals surface area (Å²) in [5, 5.41) is -0.397. The maximum Gasteiger partial charge on any atom is 0.203 e. The highest BCUT2D eigenvalue weighted by Crippen LogP contribution is 2.55. The van der Waals surface area contributed by atoms with Crippen LogP contribution >= 0.6 is 7.92 Å². The molecule has 0 saturated carbocycles. The summed E-state index contributed by atoms with van der Waals surface area (Å²) < 4.78 is 155. The summed E-state index contributed by atoms with van der Waals surface area (Å²) in [6.07, 6.45) is -0.907. The van der Waals surface area contributed by atoms with Gasteiger partial charge >= 0.3 is 0 Å². The molecule has 0 N–H and O–H groups in total. The van der Waals surface area contributed by atoms with Gasteiger partial charge in [-0.25, -0.2) is 43.9 Å². The van der Waals surface area contributed by atoms with Gasteiger partial charge in [-0.05, 0) is 114 Å². The highest BCUT2D eigenvalue weighted by Gasteiger charge is 2.59. The van der Waals surface area contributed by atoms with Crippen molar-refractivity contribution < 1.29 is 43.9 Å². The van der Waals surface area contributed by atoms with Gasteiger partial charge in [0.15, 0.2) is 52.4 Å². The van der Waals surface area contributed by atoms with Crippen LogP contribution in [-0.4, -0.2) is 20.9 Å². The molecule has 1 atom stereocenters. The molecular formula is C40H40BF10PSi. The van der Waals surface area contributed by atoms with E-state index in [1.165, 1.54) is 6.92 Å². The first-order chi connectivity index (χ1) is 24.5. The van der Waals surface area contributed by atoms with Crippen LogP contribution in [0.2, 0.25) is 26.0 Å². The lowest BCUT2D eigenvalue weighted by molar-refractivity contribution is 0.361. The van der Waals surface area contributed by atoms with Gasteiger partial charge in [-0.2, -0.15) is 0 Å². The zero-order valence-electron chi connectivity index (χ0n) is 31.2. The first-order valence-electron chi connectivity index (χ1n) is 17.2. The van der Waals surface area contributed by atoms with Crippen LogP contribution in [0.15, 0.2) is 35.0 Å². The van der Waals surface area contributed by atoms with Gasteiger partial charge in [-0.15, -0.1) is 0 Å². The first kappa shape index (κ1) is 40.8. The molecule has 4 aromatic rings. The molecule has 0 unspecified atom stereocenters. The summed E-state index contributed by atoms with van der Waals surface area (Å²) in [7, 11) is -4.57. The van der Waals surface area contributed by atoms with Gasteiger partial charge in [0.1, 0.15) is 0 Å². The molecule has 0 amide bonds. The number of allylic oxidation sites excluding steroid dienone is 2. The zero-order chi connectivity index (χ0) is 39.8. The third-order valence-corrected chi connectivity index (χ3v) is 16.1. The number of rotatable bonds is 8. The average molecular weight is 781 g/mol. The molecule has 0 radical (unpaired) electrons. The zero-order valence-corrected chi connectivity index (χ0v) is 33.1. The van der Waals surface area contributed by atoms with Gasteiger partial charge in [0, 0.05) is 10.9 Å². The fourth-order valence-corrected chi connectivity index (χ4v) is 15.6. The summed E-state index contributed by atoms with van der Waals surface area (Å²) >= 11 is 0. The van der Waals surface area contributed by atoms with Gasteiger partial charge in [0.25, 0.3) is 0 Å². The molecule has 53 heavy (non-hydrogen) atoms. The lowest BCUT2D eigenvalue weighted by Crippen LogP contribution is -2.57. The van der Waals surface area contributed by atoms with Crippen LogP contribution in [-0.2, 0) is 5.31 Å². The van der Waals surface area contributed by atoms with Gasteiger partial charge in [0.2, 0.25) is 12.5 Å². The Balaban J connectivity index is 1.97. The van der Waals surface area contributed by atoms with Crippen molar-refractivity contribution >= 4 is 38.8 Å². The Labute approximate surface area is 306 Å². The standard InChI is InChI=1S/C40H40BF10PSi/c1-18-13-20(3)37(21(4)14-18)52(38-22(5)15-19(2)16-23(38)6)12-11-40(25-27(42)31(46)35(50)32(47)28(25)43)39(53(8,9)10)24(7)17-41(40)26-29(44)33(48)36(51)34(49)30(26)45/h13-16H,11-12,17H2,1-10H3/t40-/m0/s1. The van der Waals surface area contributed by atoms with Crippen LogP contribution in [0, 0.1) is 99.7 Å². The van der Waals surface area contributed by atoms with E-state index < -0.39 is 110 Å². The minimum Gasteiger partial charge on any atom is -0.204 e. The largest absolute Gasteiger partial charge is 0.204 e. The molecule has 1 aliphatic rings. The predicted octanol–water partition coefficient (Wildman–Crippen LogP) is 10.8. The van der Waals surface area contributed by atoms with E-state index in [0.29, 0.717) is 5.57 Å². The Kier molecular flexibility index (Phi) is 11.1. The third-order valence-electron chi connectivity index (χ3n) is 10.5. The van der Waals surface area contributed by atoms with Gasteiger partial charge in [-0.3, -0.25) is 0 Å². The number of aryl methyl sites for hydroxylation is 6. The molecule has 0 fully saturated rings. The molecular weight excluding hydrogens is 740 g/mol. The van der Waals surface area contributed by atoms with Crippen LogP contribution < -0.4 is 16.1 Å². The molecule has 1 heterocycles. The van der Waals surface area contributed by atoms with Gasteiger partial charge < -0.3 is 0 Å². The Bertz CT molecular complexity index is 2050. The topological polar surface area (TPSA) is 0 Å². The van der Waals surface area contributed by atoms with Crippen LogP contribution in [0.5, 0.6) is 0 Å². The Morgan fingerprint density at radius 2 is 0.887 bits per heavy atom. The summed E-state index contributed by atoms with van der Waals surface area (Å²) in [6, 6.07) is 7.89. The van der Waals surface area contributed by atoms with E-state index in [1.807, 2.05) is 65.8 Å². The van der Waals surface area contributed by atoms with Crippen molar-refractivity contribution in [1.82, 2.24) is 0 Å². The molecule has 0 aromatic heterocycles. The van der Waals surface area contributed by atoms with Crippen LogP contribution in [0.1, 0.15) is 52.3 Å². The summed E-state index contributed by atoms with van der Waals surface area (Å²) in [5.41, 5.74) is 3.13. The minimum absolute atomic E-state index is 0.00251. The number of hydrogen-bond acceptors (Lipinski definition) is 0. The first-order valence-corrected chi connectivity index (χ1v) is 22.2. The Morgan fingerprint density at radius 1 is 0.547 bits per heavy atom. The predicted molar refractivity (Wildman–Crippen MR) is 197 cm³/mol. The summed E-state index contributed by atoms with van der Waals surface area (Å²) in [6.45, 7) is 16.3. The van der Waals surface area contributed by atoms with Crippen molar-refractivity contribution in [1.29, 1.82) is 0 Å². The van der Waals surface area contributed by atoms with E-state index in [1.54, 1.807) is 19.6 Å². The van der Waals surface area contributed by atoms with E-state index in [2.05, 4.69) is 0 Å². The second-order valence-corrected chi connectivity index (χ2v) is 22.7. The molecule has 0 spiro atoms. The molecule has 0 nitrogen and oxygen atoms in total. The lowest BCUT2D eigenvalue weighted by Gasteiger charge is -2.44. The normalized spacial score (nSPS) is 16.5.